The Balaban J connectivity index is 2.39. The molecule has 1 amide bonds. The zero-order valence-corrected chi connectivity index (χ0v) is 15.9. The third-order valence-electron chi connectivity index (χ3n) is 3.75. The van der Waals surface area contributed by atoms with Crippen LogP contribution in [0.1, 0.15) is 21.9 Å². The van der Waals surface area contributed by atoms with Crippen LogP contribution in [0.15, 0.2) is 18.2 Å². The number of halogens is 1. The highest BCUT2D eigenvalue weighted by atomic mass is 19.1. The van der Waals surface area contributed by atoms with Gasteiger partial charge in [-0.3, -0.25) is 4.79 Å². The van der Waals surface area contributed by atoms with Crippen molar-refractivity contribution in [3.8, 4) is 35.7 Å². The van der Waals surface area contributed by atoms with Gasteiger partial charge in [-0.1, -0.05) is 11.8 Å². The van der Waals surface area contributed by atoms with E-state index < -0.39 is 12.6 Å². The molecule has 0 aliphatic heterocycles. The van der Waals surface area contributed by atoms with Crippen molar-refractivity contribution >= 4 is 11.7 Å². The monoisotopic (exact) mass is 384 g/mol. The first-order chi connectivity index (χ1) is 13.5. The van der Waals surface area contributed by atoms with E-state index in [1.54, 1.807) is 32.4 Å². The van der Waals surface area contributed by atoms with Crippen LogP contribution in [0, 0.1) is 24.2 Å². The van der Waals surface area contributed by atoms with Crippen molar-refractivity contribution < 1.29 is 18.7 Å². The Morgan fingerprint density at radius 1 is 1.29 bits per heavy atom. The highest BCUT2D eigenvalue weighted by molar-refractivity contribution is 5.97. The van der Waals surface area contributed by atoms with Gasteiger partial charge < -0.3 is 24.7 Å². The zero-order valence-electron chi connectivity index (χ0n) is 15.9. The number of benzene rings is 1. The van der Waals surface area contributed by atoms with Crippen molar-refractivity contribution in [1.82, 2.24) is 14.9 Å². The summed E-state index contributed by atoms with van der Waals surface area (Å²) in [6, 6.07) is 5.26. The fourth-order valence-electron chi connectivity index (χ4n) is 2.42. The van der Waals surface area contributed by atoms with Crippen molar-refractivity contribution in [2.24, 2.45) is 7.05 Å². The smallest absolute Gasteiger partial charge is 0.272 e. The number of alkyl halides is 1. The molecule has 0 radical (unpaired) electrons. The summed E-state index contributed by atoms with van der Waals surface area (Å²) < 4.78 is 24.5. The first-order valence-electron chi connectivity index (χ1n) is 8.38. The van der Waals surface area contributed by atoms with Crippen molar-refractivity contribution in [2.45, 2.75) is 0 Å². The second-order valence-electron chi connectivity index (χ2n) is 5.51. The normalized spacial score (nSPS) is 9.68. The van der Waals surface area contributed by atoms with Crippen LogP contribution in [-0.2, 0) is 7.05 Å². The molecule has 0 aliphatic carbocycles. The Morgan fingerprint density at radius 2 is 2.04 bits per heavy atom. The number of hydrogen-bond acceptors (Lipinski definition) is 5. The van der Waals surface area contributed by atoms with E-state index in [0.717, 1.165) is 0 Å². The molecule has 146 valence electrons. The number of hydrogen-bond donors (Lipinski definition) is 2. The first kappa shape index (κ1) is 20.7. The highest BCUT2D eigenvalue weighted by Crippen LogP contribution is 2.27. The van der Waals surface area contributed by atoms with Crippen molar-refractivity contribution in [1.29, 1.82) is 0 Å². The van der Waals surface area contributed by atoms with Crippen LogP contribution < -0.4 is 20.1 Å². The van der Waals surface area contributed by atoms with Gasteiger partial charge in [0.25, 0.3) is 5.91 Å². The summed E-state index contributed by atoms with van der Waals surface area (Å²) in [6.07, 6.45) is 5.18. The molecule has 0 saturated heterocycles. The lowest BCUT2D eigenvalue weighted by molar-refractivity contribution is 0.0951. The molecule has 0 fully saturated rings. The van der Waals surface area contributed by atoms with Crippen LogP contribution in [0.2, 0.25) is 0 Å². The minimum Gasteiger partial charge on any atom is -0.493 e. The average molecular weight is 384 g/mol. The van der Waals surface area contributed by atoms with E-state index in [0.29, 0.717) is 22.9 Å². The summed E-state index contributed by atoms with van der Waals surface area (Å²) in [4.78, 5) is 16.7. The van der Waals surface area contributed by atoms with Gasteiger partial charge in [0.15, 0.2) is 28.8 Å². The van der Waals surface area contributed by atoms with Gasteiger partial charge in [-0.2, -0.15) is 0 Å². The Hall–Kier alpha value is -3.65. The van der Waals surface area contributed by atoms with E-state index in [9.17, 15) is 9.18 Å². The molecule has 1 aromatic carbocycles. The number of imidazole rings is 1. The molecule has 0 spiro atoms. The third-order valence-corrected chi connectivity index (χ3v) is 3.75. The van der Waals surface area contributed by atoms with Gasteiger partial charge in [0.1, 0.15) is 6.67 Å². The van der Waals surface area contributed by atoms with Crippen LogP contribution in [0.5, 0.6) is 11.5 Å². The predicted molar refractivity (Wildman–Crippen MR) is 104 cm³/mol. The molecule has 7 nitrogen and oxygen atoms in total. The number of ether oxygens (including phenoxy) is 2. The molecule has 28 heavy (non-hydrogen) atoms. The summed E-state index contributed by atoms with van der Waals surface area (Å²) in [6.45, 7) is -0.511. The van der Waals surface area contributed by atoms with Gasteiger partial charge in [-0.05, 0) is 24.1 Å². The zero-order chi connectivity index (χ0) is 20.5. The number of nitrogens with zero attached hydrogens (tertiary/aromatic N) is 2. The van der Waals surface area contributed by atoms with Crippen LogP contribution in [-0.4, -0.2) is 49.4 Å². The molecule has 1 heterocycles. The minimum absolute atomic E-state index is 0.0228. The Labute approximate surface area is 163 Å². The summed E-state index contributed by atoms with van der Waals surface area (Å²) >= 11 is 0. The van der Waals surface area contributed by atoms with E-state index >= 15 is 0 Å². The summed E-state index contributed by atoms with van der Waals surface area (Å²) in [5.74, 6) is 9.52. The summed E-state index contributed by atoms with van der Waals surface area (Å²) in [5.41, 5.74) is 0.901. The maximum atomic E-state index is 12.6. The van der Waals surface area contributed by atoms with Crippen LogP contribution in [0.25, 0.3) is 0 Å². The Bertz CT molecular complexity index is 951. The molecule has 0 aliphatic rings. The standard InChI is InChI=1S/C20H21FN4O3/c1-5-11-23-20(26)18-19(22-12-10-21)24-17(25(18)2)9-7-14-6-8-15(27-3)16(13-14)28-4/h1,6,8,13,22H,10-12H2,2-4H3,(H,23,26). The number of anilines is 1. The molecule has 0 saturated carbocycles. The Morgan fingerprint density at radius 3 is 2.68 bits per heavy atom. The quantitative estimate of drug-likeness (QED) is 0.709. The van der Waals surface area contributed by atoms with Crippen molar-refractivity contribution in [3.63, 3.8) is 0 Å². The lowest BCUT2D eigenvalue weighted by Crippen LogP contribution is -2.27. The summed E-state index contributed by atoms with van der Waals surface area (Å²) in [7, 11) is 4.74. The van der Waals surface area contributed by atoms with E-state index in [1.807, 2.05) is 0 Å². The SMILES string of the molecule is C#CCNC(=O)c1c(NCCF)nc(C#Cc2ccc(OC)c(OC)c2)n1C. The largest absolute Gasteiger partial charge is 0.493 e. The highest BCUT2D eigenvalue weighted by Gasteiger charge is 2.20. The summed E-state index contributed by atoms with van der Waals surface area (Å²) in [5, 5.41) is 5.36. The first-order valence-corrected chi connectivity index (χ1v) is 8.38. The average Bonchev–Trinajstić information content (AvgIpc) is 3.03. The maximum Gasteiger partial charge on any atom is 0.272 e. The fraction of sp³-hybridized carbons (Fsp3) is 0.300. The molecule has 0 unspecified atom stereocenters. The number of amides is 1. The molecule has 1 aromatic heterocycles. The molecule has 2 rings (SSSR count). The van der Waals surface area contributed by atoms with E-state index in [4.69, 9.17) is 15.9 Å². The van der Waals surface area contributed by atoms with E-state index in [-0.39, 0.29) is 24.6 Å². The predicted octanol–water partition coefficient (Wildman–Crippen LogP) is 1.58. The lowest BCUT2D eigenvalue weighted by atomic mass is 10.2. The van der Waals surface area contributed by atoms with Gasteiger partial charge in [0, 0.05) is 19.2 Å². The second-order valence-corrected chi connectivity index (χ2v) is 5.51. The van der Waals surface area contributed by atoms with Crippen LogP contribution in [0.3, 0.4) is 0 Å². The van der Waals surface area contributed by atoms with Gasteiger partial charge in [0.2, 0.25) is 0 Å². The minimum atomic E-state index is -0.603. The number of methoxy groups -OCH3 is 2. The van der Waals surface area contributed by atoms with Crippen LogP contribution >= 0.6 is 0 Å². The van der Waals surface area contributed by atoms with Gasteiger partial charge in [-0.25, -0.2) is 9.37 Å². The molecule has 0 atom stereocenters. The number of terminal acetylenes is 1. The van der Waals surface area contributed by atoms with Crippen molar-refractivity contribution in [2.75, 3.05) is 39.3 Å². The van der Waals surface area contributed by atoms with E-state index in [1.165, 1.54) is 11.7 Å². The molecule has 2 N–H and O–H groups in total. The number of nitrogens with one attached hydrogen (secondary N) is 2. The Kier molecular flexibility index (Phi) is 7.29. The number of carbonyl (C=O) groups is 1. The molecule has 0 bridgehead atoms. The van der Waals surface area contributed by atoms with Gasteiger partial charge in [-0.15, -0.1) is 6.42 Å². The molecular formula is C20H21FN4O3. The van der Waals surface area contributed by atoms with Gasteiger partial charge in [0.05, 0.1) is 20.8 Å². The fourth-order valence-corrected chi connectivity index (χ4v) is 2.42. The molecule has 8 heteroatoms. The maximum absolute atomic E-state index is 12.6. The number of carbonyl (C=O) groups excluding carboxylic acids is 1. The van der Waals surface area contributed by atoms with Gasteiger partial charge >= 0.3 is 0 Å². The van der Waals surface area contributed by atoms with Crippen LogP contribution in [0.4, 0.5) is 10.2 Å². The number of rotatable bonds is 7. The van der Waals surface area contributed by atoms with E-state index in [2.05, 4.69) is 33.4 Å². The number of aromatic nitrogens is 2. The molecular weight excluding hydrogens is 363 g/mol. The third kappa shape index (κ3) is 4.74. The molecule has 2 aromatic rings. The lowest BCUT2D eigenvalue weighted by Gasteiger charge is -2.07. The second kappa shape index (κ2) is 9.89. The topological polar surface area (TPSA) is 77.4 Å². The van der Waals surface area contributed by atoms with Crippen molar-refractivity contribution in [3.05, 3.63) is 35.3 Å².